The summed E-state index contributed by atoms with van der Waals surface area (Å²) < 4.78 is 18.2. The molecule has 0 saturated heterocycles. The molecule has 0 saturated carbocycles. The third kappa shape index (κ3) is 5.90. The van der Waals surface area contributed by atoms with Crippen LogP contribution in [0.15, 0.2) is 108 Å². The molecule has 212 valence electrons. The van der Waals surface area contributed by atoms with Crippen molar-refractivity contribution in [2.45, 2.75) is 18.9 Å². The average molecular weight is 564 g/mol. The zero-order chi connectivity index (χ0) is 29.8. The van der Waals surface area contributed by atoms with Crippen molar-refractivity contribution in [3.63, 3.8) is 0 Å². The van der Waals surface area contributed by atoms with Crippen LogP contribution in [0, 0.1) is 12.7 Å². The number of pyridine rings is 1. The molecule has 3 aromatic carbocycles. The maximum absolute atomic E-state index is 15.4. The lowest BCUT2D eigenvalue weighted by Gasteiger charge is -2.28. The second kappa shape index (κ2) is 12.1. The quantitative estimate of drug-likeness (QED) is 0.283. The molecule has 5 aromatic rings. The van der Waals surface area contributed by atoms with Gasteiger partial charge >= 0.3 is 0 Å². The highest BCUT2D eigenvalue weighted by Crippen LogP contribution is 2.31. The van der Waals surface area contributed by atoms with Gasteiger partial charge < -0.3 is 15.2 Å². The predicted molar refractivity (Wildman–Crippen MR) is 160 cm³/mol. The number of hydrogen-bond acceptors (Lipinski definition) is 4. The van der Waals surface area contributed by atoms with Gasteiger partial charge in [0, 0.05) is 55.3 Å². The first-order chi connectivity index (χ1) is 20.2. The summed E-state index contributed by atoms with van der Waals surface area (Å²) in [6.07, 6.45) is 3.09. The Bertz CT molecular complexity index is 1760. The summed E-state index contributed by atoms with van der Waals surface area (Å²) in [7, 11) is 3.25. The minimum atomic E-state index is -1.06. The molecule has 0 bridgehead atoms. The van der Waals surface area contributed by atoms with Crippen LogP contribution in [0.4, 0.5) is 10.1 Å². The molecule has 8 nitrogen and oxygen atoms in total. The maximum atomic E-state index is 15.4. The van der Waals surface area contributed by atoms with Crippen LogP contribution >= 0.6 is 0 Å². The van der Waals surface area contributed by atoms with E-state index in [9.17, 15) is 14.4 Å². The van der Waals surface area contributed by atoms with E-state index < -0.39 is 29.6 Å². The Hall–Kier alpha value is -5.31. The number of carbonyl (C=O) groups is 2. The van der Waals surface area contributed by atoms with Gasteiger partial charge in [0.15, 0.2) is 0 Å². The zero-order valence-electron chi connectivity index (χ0n) is 23.4. The van der Waals surface area contributed by atoms with Gasteiger partial charge in [0.25, 0.3) is 11.5 Å². The second-order valence-corrected chi connectivity index (χ2v) is 10.1. The number of rotatable bonds is 8. The number of nitrogens with one attached hydrogen (secondary N) is 2. The first-order valence-electron chi connectivity index (χ1n) is 13.4. The smallest absolute Gasteiger partial charge is 0.270 e. The monoisotopic (exact) mass is 563 g/mol. The summed E-state index contributed by atoms with van der Waals surface area (Å²) in [6, 6.07) is 25.2. The van der Waals surface area contributed by atoms with Crippen molar-refractivity contribution in [1.82, 2.24) is 19.7 Å². The van der Waals surface area contributed by atoms with Crippen molar-refractivity contribution in [3.8, 4) is 11.1 Å². The van der Waals surface area contributed by atoms with Crippen LogP contribution in [-0.4, -0.2) is 32.2 Å². The van der Waals surface area contributed by atoms with Crippen LogP contribution in [0.5, 0.6) is 0 Å². The molecule has 0 spiro atoms. The molecule has 2 amide bonds. The van der Waals surface area contributed by atoms with Crippen molar-refractivity contribution < 1.29 is 14.0 Å². The van der Waals surface area contributed by atoms with Crippen molar-refractivity contribution in [1.29, 1.82) is 0 Å². The molecule has 0 aliphatic rings. The Balaban J connectivity index is 1.52. The topological polar surface area (TPSA) is 98.0 Å². The average Bonchev–Trinajstić information content (AvgIpc) is 3.42. The third-order valence-corrected chi connectivity index (χ3v) is 7.24. The third-order valence-electron chi connectivity index (χ3n) is 7.24. The van der Waals surface area contributed by atoms with E-state index in [1.807, 2.05) is 60.7 Å². The summed E-state index contributed by atoms with van der Waals surface area (Å²) in [5.41, 5.74) is 3.47. The van der Waals surface area contributed by atoms with E-state index in [1.54, 1.807) is 45.4 Å². The Labute approximate surface area is 242 Å². The van der Waals surface area contributed by atoms with E-state index in [4.69, 9.17) is 0 Å². The lowest BCUT2D eigenvalue weighted by Crippen LogP contribution is -2.48. The summed E-state index contributed by atoms with van der Waals surface area (Å²) in [4.78, 5) is 39.3. The Morgan fingerprint density at radius 2 is 1.50 bits per heavy atom. The number of halogens is 1. The Kier molecular flexibility index (Phi) is 8.10. The van der Waals surface area contributed by atoms with E-state index in [0.717, 1.165) is 11.1 Å². The van der Waals surface area contributed by atoms with Gasteiger partial charge in [0.05, 0.1) is 0 Å². The minimum Gasteiger partial charge on any atom is -0.338 e. The number of carbonyl (C=O) groups excluding carboxylic acids is 2. The highest BCUT2D eigenvalue weighted by Gasteiger charge is 2.33. The van der Waals surface area contributed by atoms with Gasteiger partial charge in [0.1, 0.15) is 17.6 Å². The molecule has 0 fully saturated rings. The molecule has 9 heteroatoms. The van der Waals surface area contributed by atoms with Gasteiger partial charge in [-0.05, 0) is 47.9 Å². The van der Waals surface area contributed by atoms with Gasteiger partial charge in [0.2, 0.25) is 5.91 Å². The molecule has 0 aliphatic heterocycles. The van der Waals surface area contributed by atoms with E-state index in [1.165, 1.54) is 27.6 Å². The number of amides is 2. The Morgan fingerprint density at radius 3 is 2.07 bits per heavy atom. The first-order valence-corrected chi connectivity index (χ1v) is 13.4. The Morgan fingerprint density at radius 1 is 0.857 bits per heavy atom. The molecule has 42 heavy (non-hydrogen) atoms. The molecule has 2 N–H and O–H groups in total. The molecular weight excluding hydrogens is 533 g/mol. The number of anilines is 1. The number of hydrogen-bond donors (Lipinski definition) is 2. The van der Waals surface area contributed by atoms with E-state index in [-0.39, 0.29) is 16.9 Å². The van der Waals surface area contributed by atoms with Gasteiger partial charge in [-0.15, -0.1) is 0 Å². The summed E-state index contributed by atoms with van der Waals surface area (Å²) in [5.74, 6) is -2.11. The van der Waals surface area contributed by atoms with E-state index >= 15 is 4.39 Å². The number of nitrogens with zero attached hydrogens (tertiary/aromatic N) is 3. The van der Waals surface area contributed by atoms with Crippen molar-refractivity contribution in [2.24, 2.45) is 14.1 Å². The van der Waals surface area contributed by atoms with Crippen LogP contribution in [0.2, 0.25) is 0 Å². The number of benzene rings is 3. The van der Waals surface area contributed by atoms with Crippen molar-refractivity contribution in [2.75, 3.05) is 5.32 Å². The van der Waals surface area contributed by atoms with Crippen LogP contribution < -0.4 is 16.2 Å². The fourth-order valence-corrected chi connectivity index (χ4v) is 5.05. The molecule has 1 unspecified atom stereocenters. The fraction of sp³-hybridized carbons (Fsp3) is 0.152. The second-order valence-electron chi connectivity index (χ2n) is 10.1. The van der Waals surface area contributed by atoms with Crippen LogP contribution in [0.1, 0.15) is 33.1 Å². The molecule has 0 aliphatic carbocycles. The molecule has 0 radical (unpaired) electrons. The van der Waals surface area contributed by atoms with Crippen molar-refractivity contribution in [3.05, 3.63) is 142 Å². The first kappa shape index (κ1) is 28.2. The number of aryl methyl sites for hydroxylation is 3. The molecule has 1 atom stereocenters. The number of aromatic nitrogens is 3. The molecular formula is C33H30FN5O3. The predicted octanol–water partition coefficient (Wildman–Crippen LogP) is 4.80. The summed E-state index contributed by atoms with van der Waals surface area (Å²) in [6.45, 7) is 1.74. The lowest BCUT2D eigenvalue weighted by molar-refractivity contribution is -0.118. The maximum Gasteiger partial charge on any atom is 0.270 e. The lowest BCUT2D eigenvalue weighted by atomic mass is 9.84. The molecule has 2 heterocycles. The fourth-order valence-electron chi connectivity index (χ4n) is 5.05. The van der Waals surface area contributed by atoms with Gasteiger partial charge in [-0.3, -0.25) is 19.1 Å². The normalized spacial score (nSPS) is 11.7. The zero-order valence-corrected chi connectivity index (χ0v) is 23.4. The van der Waals surface area contributed by atoms with Crippen LogP contribution in [0.25, 0.3) is 11.1 Å². The minimum absolute atomic E-state index is 0.189. The standard InChI is InChI=1S/C33H30FN5O3/c1-21-18-29(40)38(2)20-26(21)25-15-14-24(19-27(25)34)36-33(42)31(37-32(41)28-16-17-35-39(28)3)30(22-10-6-4-7-11-22)23-12-8-5-9-13-23/h4-20,30-31H,1-3H3,(H,36,42)(H,37,41). The molecule has 2 aromatic heterocycles. The van der Waals surface area contributed by atoms with Gasteiger partial charge in [-0.1, -0.05) is 60.7 Å². The van der Waals surface area contributed by atoms with E-state index in [0.29, 0.717) is 16.7 Å². The van der Waals surface area contributed by atoms with Gasteiger partial charge in [-0.25, -0.2) is 4.39 Å². The van der Waals surface area contributed by atoms with Crippen molar-refractivity contribution >= 4 is 17.5 Å². The highest BCUT2D eigenvalue weighted by atomic mass is 19.1. The van der Waals surface area contributed by atoms with Gasteiger partial charge in [-0.2, -0.15) is 5.10 Å². The largest absolute Gasteiger partial charge is 0.338 e. The summed E-state index contributed by atoms with van der Waals surface area (Å²) in [5, 5.41) is 9.79. The molecule has 5 rings (SSSR count). The highest BCUT2D eigenvalue weighted by molar-refractivity contribution is 6.01. The SMILES string of the molecule is Cc1cc(=O)n(C)cc1-c1ccc(NC(=O)C(NC(=O)c2ccnn2C)C(c2ccccc2)c2ccccc2)cc1F. The van der Waals surface area contributed by atoms with Crippen LogP contribution in [-0.2, 0) is 18.9 Å². The summed E-state index contributed by atoms with van der Waals surface area (Å²) >= 11 is 0. The van der Waals surface area contributed by atoms with E-state index in [2.05, 4.69) is 15.7 Å². The van der Waals surface area contributed by atoms with Crippen LogP contribution in [0.3, 0.4) is 0 Å².